The van der Waals surface area contributed by atoms with Gasteiger partial charge in [0.25, 0.3) is 0 Å². The number of hydrogen-bond donors (Lipinski definition) is 3. The second-order valence-electron chi connectivity index (χ2n) is 35.7. The monoisotopic (exact) mass is 1510 g/mol. The van der Waals surface area contributed by atoms with Crippen LogP contribution in [0.5, 0.6) is 0 Å². The quantitative estimate of drug-likeness (QED) is 0.202. The fourth-order valence-electron chi connectivity index (χ4n) is 14.4. The predicted molar refractivity (Wildman–Crippen MR) is 469 cm³/mol. The van der Waals surface area contributed by atoms with Crippen molar-refractivity contribution in [3.8, 4) is 0 Å². The molecule has 3 unspecified atom stereocenters. The molecule has 3 atom stereocenters. The van der Waals surface area contributed by atoms with Crippen LogP contribution >= 0.6 is 23.5 Å². The van der Waals surface area contributed by atoms with Crippen LogP contribution in [0.15, 0.2) is 0 Å². The van der Waals surface area contributed by atoms with Crippen molar-refractivity contribution >= 4 is 23.5 Å². The SMILES string of the molecule is CC1CC1.CC1CCC1.CC1CCCC1.CC1CCCCC1.CC1CCCCCC1.CC1CCCCCCC1.CC1CCCN1.CC1CCCO1.CC1CCCS1.CC1CCOCC1.CC1CCSCC1.CN1CCCC1.CN1CCCCC1.CN1CCCN1.CN1CCNCC1.CN1CCOCC1. The molecule has 624 valence electrons. The van der Waals surface area contributed by atoms with Gasteiger partial charge in [0.1, 0.15) is 0 Å². The van der Waals surface area contributed by atoms with Gasteiger partial charge < -0.3 is 44.4 Å². The summed E-state index contributed by atoms with van der Waals surface area (Å²) in [6.45, 7) is 46.0. The van der Waals surface area contributed by atoms with Gasteiger partial charge in [-0.3, -0.25) is 5.43 Å². The third kappa shape index (κ3) is 75.0. The summed E-state index contributed by atoms with van der Waals surface area (Å²) in [4.78, 5) is 9.35. The zero-order chi connectivity index (χ0) is 76.1. The Bertz CT molecular complexity index is 1400. The maximum absolute atomic E-state index is 5.15. The molecule has 0 aromatic carbocycles. The van der Waals surface area contributed by atoms with E-state index in [-0.39, 0.29) is 0 Å². The van der Waals surface area contributed by atoms with Gasteiger partial charge in [-0.1, -0.05) is 242 Å². The second-order valence-corrected chi connectivity index (χ2v) is 38.4. The summed E-state index contributed by atoms with van der Waals surface area (Å²) in [7, 11) is 10.7. The van der Waals surface area contributed by atoms with Crippen LogP contribution in [0.3, 0.4) is 0 Å². The van der Waals surface area contributed by atoms with Gasteiger partial charge in [0.2, 0.25) is 0 Å². The maximum Gasteiger partial charge on any atom is 0.0594 e. The Kier molecular flexibility index (Phi) is 73.4. The molecule has 11 nitrogen and oxygen atoms in total. The zero-order valence-corrected chi connectivity index (χ0v) is 75.0. The summed E-state index contributed by atoms with van der Waals surface area (Å²) in [5.74, 6) is 12.4. The minimum Gasteiger partial charge on any atom is -0.381 e. The lowest BCUT2D eigenvalue weighted by atomic mass is 9.88. The lowest BCUT2D eigenvalue weighted by Crippen LogP contribution is -2.40. The standard InChI is InChI=1S/C9H18.C8H16.C7H14.C6H13N.C6H12O.C6H12S.C6H12.C5H12N2.C5H11NO.2C5H11N.C5H10O.C5H10S.C5H10.C4H10N2.C4H8/c1-9-7-5-3-2-4-6-8-9;1-8-6-4-2-3-5-7-8;2*1-7-5-3-2-4-6-7;2*1-6-2-4-7-5-3-6;1-6-4-2-3-5-6;1-7-4-2-6-3-5-7;1-6-2-4-7-5-3-6;1-6-4-2-3-5-6;3*1-5-3-2-4-6-5;1-5-3-2-4-5;1-6-4-2-3-5-6;1-4-2-3-4/h9H,2-8H2,1H3;8H,2-7H2,1H3;7H,2-6H2,1H3;2-6H2,1H3;2*6H,2-5H2,1H3;6H,2-5H2,1H3;6H,2-5H2,1H3;2-5H2,1H3;2-5H2,1H3;5-6H,2-4H2,1H3;2*5H,2-4H2,1H3;5H,2-4H2,1H3;5H,2-4H2,1H3;4H,2-3H2,1H3. The molecule has 16 rings (SSSR count). The number of nitrogens with one attached hydrogen (secondary N) is 3. The third-order valence-corrected chi connectivity index (χ3v) is 25.9. The number of rotatable bonds is 0. The van der Waals surface area contributed by atoms with Crippen LogP contribution in [0.1, 0.15) is 352 Å². The van der Waals surface area contributed by atoms with Crippen LogP contribution in [-0.4, -0.2) is 213 Å². The van der Waals surface area contributed by atoms with E-state index < -0.39 is 0 Å². The molecular formula is C91H190N8O3S2. The molecule has 0 amide bonds. The van der Waals surface area contributed by atoms with Crippen molar-refractivity contribution in [2.75, 3.05) is 171 Å². The first-order valence-electron chi connectivity index (χ1n) is 45.9. The lowest BCUT2D eigenvalue weighted by Gasteiger charge is -2.21. The average Bonchev–Trinajstić information content (AvgIpc) is 1.96. The number of hydrogen-bond acceptors (Lipinski definition) is 13. The van der Waals surface area contributed by atoms with Crippen molar-refractivity contribution in [3.63, 3.8) is 0 Å². The molecule has 104 heavy (non-hydrogen) atoms. The van der Waals surface area contributed by atoms with Crippen LogP contribution in [0, 0.1) is 47.3 Å². The molecular weight excluding hydrogens is 1320 g/mol. The average molecular weight is 1510 g/mol. The largest absolute Gasteiger partial charge is 0.381 e. The number of morpholine rings is 1. The van der Waals surface area contributed by atoms with Gasteiger partial charge in [-0.15, -0.1) is 0 Å². The van der Waals surface area contributed by atoms with Gasteiger partial charge in [-0.25, -0.2) is 5.01 Å². The molecule has 10 heterocycles. The van der Waals surface area contributed by atoms with E-state index >= 15 is 0 Å². The van der Waals surface area contributed by atoms with Crippen molar-refractivity contribution in [1.29, 1.82) is 0 Å². The molecule has 16 fully saturated rings. The summed E-state index contributed by atoms with van der Waals surface area (Å²) in [6.07, 6.45) is 62.7. The fraction of sp³-hybridized carbons (Fsp3) is 1.00. The Hall–Kier alpha value is 0.260. The molecule has 6 aliphatic carbocycles. The van der Waals surface area contributed by atoms with Crippen molar-refractivity contribution < 1.29 is 14.2 Å². The second kappa shape index (κ2) is 74.7. The molecule has 16 aliphatic rings. The molecule has 10 aliphatic heterocycles. The minimum absolute atomic E-state index is 0.546. The normalized spacial score (nSPS) is 26.9. The van der Waals surface area contributed by atoms with E-state index in [1.165, 1.54) is 346 Å². The molecule has 3 N–H and O–H groups in total. The van der Waals surface area contributed by atoms with E-state index in [2.05, 4.69) is 176 Å². The number of likely N-dealkylation sites (N-methyl/N-ethyl adjacent to an activating group) is 2. The van der Waals surface area contributed by atoms with E-state index in [0.29, 0.717) is 6.10 Å². The van der Waals surface area contributed by atoms with Crippen molar-refractivity contribution in [3.05, 3.63) is 0 Å². The van der Waals surface area contributed by atoms with E-state index in [0.717, 1.165) is 124 Å². The van der Waals surface area contributed by atoms with E-state index in [4.69, 9.17) is 14.2 Å². The van der Waals surface area contributed by atoms with Crippen LogP contribution in [-0.2, 0) is 14.2 Å². The van der Waals surface area contributed by atoms with E-state index in [9.17, 15) is 0 Å². The van der Waals surface area contributed by atoms with Gasteiger partial charge >= 0.3 is 0 Å². The number of ether oxygens (including phenoxy) is 3. The first kappa shape index (κ1) is 102. The number of thioether (sulfide) groups is 2. The summed E-state index contributed by atoms with van der Waals surface area (Å²) in [5, 5.41) is 9.67. The number of nitrogens with zero attached hydrogens (tertiary/aromatic N) is 5. The van der Waals surface area contributed by atoms with Crippen LogP contribution in [0.2, 0.25) is 0 Å². The Balaban J connectivity index is 0.000000556. The Labute approximate surface area is 662 Å². The first-order chi connectivity index (χ1) is 50.3. The molecule has 0 aromatic heterocycles. The third-order valence-electron chi connectivity index (χ3n) is 23.5. The summed E-state index contributed by atoms with van der Waals surface area (Å²) in [5.41, 5.74) is 3.15. The highest BCUT2D eigenvalue weighted by Crippen LogP contribution is 2.28. The summed E-state index contributed by atoms with van der Waals surface area (Å²) < 4.78 is 15.4. The van der Waals surface area contributed by atoms with Crippen LogP contribution in [0.25, 0.3) is 0 Å². The highest BCUT2D eigenvalue weighted by atomic mass is 32.2. The van der Waals surface area contributed by atoms with Gasteiger partial charge in [-0.2, -0.15) is 23.5 Å². The van der Waals surface area contributed by atoms with Gasteiger partial charge in [0.05, 0.1) is 19.3 Å². The lowest BCUT2D eigenvalue weighted by molar-refractivity contribution is 0.0503. The number of hydrazine groups is 1. The molecule has 13 heteroatoms. The molecule has 6 saturated carbocycles. The Morgan fingerprint density at radius 1 is 0.269 bits per heavy atom. The predicted octanol–water partition coefficient (Wildman–Crippen LogP) is 22.9. The fourth-order valence-corrected chi connectivity index (χ4v) is 16.8. The summed E-state index contributed by atoms with van der Waals surface area (Å²) >= 11 is 4.20. The molecule has 0 spiro atoms. The number of piperazine rings is 1. The van der Waals surface area contributed by atoms with Crippen LogP contribution in [0.4, 0.5) is 0 Å². The van der Waals surface area contributed by atoms with Gasteiger partial charge in [-0.05, 0) is 236 Å². The van der Waals surface area contributed by atoms with Crippen LogP contribution < -0.4 is 16.1 Å². The number of likely N-dealkylation sites (tertiary alicyclic amines) is 2. The Morgan fingerprint density at radius 3 is 0.846 bits per heavy atom. The highest BCUT2D eigenvalue weighted by molar-refractivity contribution is 8.00. The Morgan fingerprint density at radius 2 is 0.654 bits per heavy atom. The van der Waals surface area contributed by atoms with Crippen molar-refractivity contribution in [2.45, 2.75) is 370 Å². The molecule has 10 saturated heterocycles. The van der Waals surface area contributed by atoms with Gasteiger partial charge in [0, 0.05) is 90.5 Å². The molecule has 0 bridgehead atoms. The smallest absolute Gasteiger partial charge is 0.0594 e. The van der Waals surface area contributed by atoms with Crippen molar-refractivity contribution in [2.24, 2.45) is 47.3 Å². The van der Waals surface area contributed by atoms with E-state index in [1.807, 2.05) is 0 Å². The minimum atomic E-state index is 0.546. The highest BCUT2D eigenvalue weighted by Gasteiger charge is 2.15. The molecule has 0 radical (unpaired) electrons. The first-order valence-corrected chi connectivity index (χ1v) is 48.1. The van der Waals surface area contributed by atoms with Gasteiger partial charge in [0.15, 0.2) is 0 Å². The maximum atomic E-state index is 5.15. The zero-order valence-electron chi connectivity index (χ0n) is 73.4. The van der Waals surface area contributed by atoms with E-state index in [1.54, 1.807) is 0 Å². The summed E-state index contributed by atoms with van der Waals surface area (Å²) in [6, 6.07) is 0.796. The molecule has 0 aromatic rings. The number of piperidine rings is 1. The topological polar surface area (TPSA) is 80.0 Å². The van der Waals surface area contributed by atoms with Crippen molar-refractivity contribution in [1.82, 2.24) is 40.7 Å².